The number of allylic oxidation sites excluding steroid dienone is 10. The summed E-state index contributed by atoms with van der Waals surface area (Å²) in [6.07, 6.45) is 42.9. The normalized spacial score (nSPS) is 13.3. The molecule has 0 aromatic carbocycles. The summed E-state index contributed by atoms with van der Waals surface area (Å²) in [6, 6.07) is 0. The predicted molar refractivity (Wildman–Crippen MR) is 150 cm³/mol. The minimum absolute atomic E-state index is 0. The van der Waals surface area contributed by atoms with Crippen molar-refractivity contribution in [3.8, 4) is 0 Å². The van der Waals surface area contributed by atoms with Crippen LogP contribution in [0.15, 0.2) is 72.9 Å². The first-order valence-corrected chi connectivity index (χ1v) is 14.0. The van der Waals surface area contributed by atoms with Gasteiger partial charge in [0.25, 0.3) is 0 Å². The van der Waals surface area contributed by atoms with Crippen LogP contribution < -0.4 is 34.7 Å². The van der Waals surface area contributed by atoms with Crippen molar-refractivity contribution >= 4 is 5.97 Å². The van der Waals surface area contributed by atoms with Crippen LogP contribution in [0.4, 0.5) is 0 Å². The van der Waals surface area contributed by atoms with Crippen molar-refractivity contribution in [3.05, 3.63) is 72.9 Å². The van der Waals surface area contributed by atoms with Gasteiger partial charge in [-0.15, -0.1) is 0 Å². The number of carboxylic acid groups (broad SMARTS) is 1. The van der Waals surface area contributed by atoms with E-state index in [4.69, 9.17) is 0 Å². The molecule has 36 heavy (non-hydrogen) atoms. The smallest absolute Gasteiger partial charge is 0.550 e. The molecule has 0 radical (unpaired) electrons. The fourth-order valence-electron chi connectivity index (χ4n) is 3.61. The molecular weight excluding hydrogens is 455 g/mol. The molecule has 0 rings (SSSR count). The van der Waals surface area contributed by atoms with Gasteiger partial charge in [-0.05, 0) is 57.8 Å². The van der Waals surface area contributed by atoms with Crippen molar-refractivity contribution in [3.63, 3.8) is 0 Å². The standard InChI is InChI=1S/C32H52O3.Na/c1-2-3-25-28-31(33)29-26-23-21-19-17-15-13-11-9-7-5-4-6-8-10-12-14-16-18-20-22-24-27-30-32(34)35;/h3-5,9,11,15,17,21,23,25-26,29,31,33H,2,6-8,10,12-14,16,18-20,22,24,27-28,30H2,1H3,(H,34,35);/q;+1/p-1/b5-4-,11-9-,17-15-,23-21-,25-3-,29-26+;/t31-;/m0./s1. The number of aliphatic carboxylic acids is 1. The first kappa shape index (κ1) is 37.0. The first-order valence-electron chi connectivity index (χ1n) is 14.0. The largest absolute Gasteiger partial charge is 1.00 e. The van der Waals surface area contributed by atoms with Crippen molar-refractivity contribution < 1.29 is 44.6 Å². The SMILES string of the molecule is CC/C=C\C[C@H](O)/C=C/C=C\C/C=C\C/C=C\C/C=C\CCCCCCCCCCCCC(=O)[O-].[Na+]. The summed E-state index contributed by atoms with van der Waals surface area (Å²) in [5.41, 5.74) is 0. The van der Waals surface area contributed by atoms with Crippen LogP contribution in [-0.4, -0.2) is 17.2 Å². The molecule has 1 N–H and O–H groups in total. The van der Waals surface area contributed by atoms with Crippen LogP contribution in [0.1, 0.15) is 116 Å². The van der Waals surface area contributed by atoms with Gasteiger partial charge in [0, 0.05) is 5.97 Å². The Morgan fingerprint density at radius 3 is 1.72 bits per heavy atom. The average molecular weight is 507 g/mol. The third kappa shape index (κ3) is 32.9. The summed E-state index contributed by atoms with van der Waals surface area (Å²) in [4.78, 5) is 10.3. The molecule has 0 aliphatic heterocycles. The molecule has 0 amide bonds. The van der Waals surface area contributed by atoms with Crippen molar-refractivity contribution in [1.29, 1.82) is 0 Å². The Morgan fingerprint density at radius 1 is 0.667 bits per heavy atom. The molecule has 198 valence electrons. The number of aliphatic hydroxyl groups excluding tert-OH is 1. The Balaban J connectivity index is 0. The van der Waals surface area contributed by atoms with Crippen molar-refractivity contribution in [2.45, 2.75) is 122 Å². The maximum Gasteiger partial charge on any atom is 1.00 e. The average Bonchev–Trinajstić information content (AvgIpc) is 2.84. The minimum atomic E-state index is -0.918. The molecule has 0 spiro atoms. The van der Waals surface area contributed by atoms with E-state index in [0.717, 1.165) is 44.9 Å². The van der Waals surface area contributed by atoms with E-state index in [2.05, 4.69) is 55.5 Å². The minimum Gasteiger partial charge on any atom is -0.550 e. The zero-order chi connectivity index (χ0) is 25.7. The van der Waals surface area contributed by atoms with E-state index in [9.17, 15) is 15.0 Å². The van der Waals surface area contributed by atoms with Crippen molar-refractivity contribution in [1.82, 2.24) is 0 Å². The summed E-state index contributed by atoms with van der Waals surface area (Å²) >= 11 is 0. The number of carbonyl (C=O) groups excluding carboxylic acids is 1. The van der Waals surface area contributed by atoms with E-state index in [-0.39, 0.29) is 36.0 Å². The second-order valence-electron chi connectivity index (χ2n) is 9.06. The molecule has 0 aliphatic carbocycles. The van der Waals surface area contributed by atoms with Gasteiger partial charge in [-0.25, -0.2) is 0 Å². The summed E-state index contributed by atoms with van der Waals surface area (Å²) < 4.78 is 0. The third-order valence-corrected chi connectivity index (χ3v) is 5.68. The van der Waals surface area contributed by atoms with E-state index in [0.29, 0.717) is 6.42 Å². The summed E-state index contributed by atoms with van der Waals surface area (Å²) in [7, 11) is 0. The molecule has 1 atom stereocenters. The monoisotopic (exact) mass is 506 g/mol. The number of hydrogen-bond donors (Lipinski definition) is 1. The molecule has 0 aromatic rings. The number of hydrogen-bond acceptors (Lipinski definition) is 3. The van der Waals surface area contributed by atoms with E-state index in [1.807, 2.05) is 24.3 Å². The van der Waals surface area contributed by atoms with Gasteiger partial charge >= 0.3 is 29.6 Å². The maximum atomic E-state index is 10.3. The van der Waals surface area contributed by atoms with Crippen LogP contribution in [0.3, 0.4) is 0 Å². The van der Waals surface area contributed by atoms with Crippen LogP contribution in [-0.2, 0) is 4.79 Å². The summed E-state index contributed by atoms with van der Waals surface area (Å²) in [6.45, 7) is 2.09. The Morgan fingerprint density at radius 2 is 1.17 bits per heavy atom. The van der Waals surface area contributed by atoms with Gasteiger partial charge in [0.2, 0.25) is 0 Å². The van der Waals surface area contributed by atoms with E-state index < -0.39 is 12.1 Å². The van der Waals surface area contributed by atoms with Gasteiger partial charge in [0.05, 0.1) is 6.10 Å². The number of rotatable bonds is 24. The van der Waals surface area contributed by atoms with Gasteiger partial charge < -0.3 is 15.0 Å². The van der Waals surface area contributed by atoms with Crippen LogP contribution >= 0.6 is 0 Å². The zero-order valence-corrected chi connectivity index (χ0v) is 25.3. The fourth-order valence-corrected chi connectivity index (χ4v) is 3.61. The van der Waals surface area contributed by atoms with Gasteiger partial charge in [-0.1, -0.05) is 131 Å². The second kappa shape index (κ2) is 31.9. The number of carboxylic acids is 1. The number of aliphatic hydroxyl groups is 1. The topological polar surface area (TPSA) is 60.4 Å². The third-order valence-electron chi connectivity index (χ3n) is 5.68. The summed E-state index contributed by atoms with van der Waals surface area (Å²) in [5, 5.41) is 20.1. The molecule has 0 fully saturated rings. The quantitative estimate of drug-likeness (QED) is 0.0859. The maximum absolute atomic E-state index is 10.3. The molecule has 4 heteroatoms. The van der Waals surface area contributed by atoms with Crippen molar-refractivity contribution in [2.24, 2.45) is 0 Å². The van der Waals surface area contributed by atoms with Gasteiger partial charge in [0.1, 0.15) is 0 Å². The molecule has 0 bridgehead atoms. The van der Waals surface area contributed by atoms with Crippen LogP contribution in [0, 0.1) is 0 Å². The van der Waals surface area contributed by atoms with Crippen LogP contribution in [0.5, 0.6) is 0 Å². The van der Waals surface area contributed by atoms with Crippen LogP contribution in [0.2, 0.25) is 0 Å². The Kier molecular flexibility index (Phi) is 32.8. The molecule has 0 aromatic heterocycles. The molecule has 0 heterocycles. The van der Waals surface area contributed by atoms with Gasteiger partial charge in [-0.3, -0.25) is 0 Å². The van der Waals surface area contributed by atoms with Gasteiger partial charge in [-0.2, -0.15) is 0 Å². The zero-order valence-electron chi connectivity index (χ0n) is 23.3. The first-order chi connectivity index (χ1) is 17.2. The molecule has 3 nitrogen and oxygen atoms in total. The fraction of sp³-hybridized carbons (Fsp3) is 0.594. The predicted octanol–water partition coefficient (Wildman–Crippen LogP) is 5.09. The van der Waals surface area contributed by atoms with Crippen LogP contribution in [0.25, 0.3) is 0 Å². The Bertz CT molecular complexity index is 644. The second-order valence-corrected chi connectivity index (χ2v) is 9.06. The van der Waals surface area contributed by atoms with E-state index in [1.165, 1.54) is 51.4 Å². The molecule has 0 saturated carbocycles. The summed E-state index contributed by atoms with van der Waals surface area (Å²) in [5.74, 6) is -0.918. The number of carbonyl (C=O) groups is 1. The molecule has 0 saturated heterocycles. The van der Waals surface area contributed by atoms with E-state index in [1.54, 1.807) is 0 Å². The molecule has 0 unspecified atom stereocenters. The molecule has 0 aliphatic rings. The molecular formula is C32H51NaO3. The Hall–Kier alpha value is -1.13. The van der Waals surface area contributed by atoms with Crippen molar-refractivity contribution in [2.75, 3.05) is 0 Å². The van der Waals surface area contributed by atoms with Gasteiger partial charge in [0.15, 0.2) is 0 Å². The van der Waals surface area contributed by atoms with E-state index >= 15 is 0 Å². The Labute approximate surface area is 244 Å². The number of unbranched alkanes of at least 4 members (excludes halogenated alkanes) is 10.